The molecule has 1 aromatic carbocycles. The van der Waals surface area contributed by atoms with E-state index < -0.39 is 12.2 Å². The van der Waals surface area contributed by atoms with Crippen molar-refractivity contribution >= 4 is 18.1 Å². The smallest absolute Gasteiger partial charge is 0.124 e. The lowest BCUT2D eigenvalue weighted by atomic mass is 10.0. The van der Waals surface area contributed by atoms with Crippen molar-refractivity contribution in [2.24, 2.45) is 4.99 Å². The third-order valence-electron chi connectivity index (χ3n) is 2.79. The van der Waals surface area contributed by atoms with E-state index in [2.05, 4.69) is 4.99 Å². The molecular formula is C12H16ClNO2. The minimum Gasteiger partial charge on any atom is -0.388 e. The maximum atomic E-state index is 9.77. The molecule has 0 fully saturated rings. The largest absolute Gasteiger partial charge is 0.388 e. The van der Waals surface area contributed by atoms with Gasteiger partial charge in [-0.3, -0.25) is 4.99 Å². The highest BCUT2D eigenvalue weighted by atomic mass is 35.5. The Morgan fingerprint density at radius 3 is 2.12 bits per heavy atom. The number of aryl methyl sites for hydroxylation is 1. The van der Waals surface area contributed by atoms with Crippen LogP contribution < -0.4 is 0 Å². The molecule has 0 bridgehead atoms. The molecule has 16 heavy (non-hydrogen) atoms. The van der Waals surface area contributed by atoms with Crippen LogP contribution in [-0.2, 0) is 0 Å². The van der Waals surface area contributed by atoms with Gasteiger partial charge in [-0.15, -0.1) is 12.4 Å². The first kappa shape index (κ1) is 13.2. The van der Waals surface area contributed by atoms with Gasteiger partial charge in [0.25, 0.3) is 0 Å². The second kappa shape index (κ2) is 4.95. The van der Waals surface area contributed by atoms with Crippen molar-refractivity contribution < 1.29 is 10.2 Å². The van der Waals surface area contributed by atoms with Gasteiger partial charge in [-0.1, -0.05) is 29.8 Å². The summed E-state index contributed by atoms with van der Waals surface area (Å²) in [7, 11) is 0. The lowest BCUT2D eigenvalue weighted by Crippen LogP contribution is -2.32. The fourth-order valence-corrected chi connectivity index (χ4v) is 1.77. The predicted octanol–water partition coefficient (Wildman–Crippen LogP) is 1.33. The van der Waals surface area contributed by atoms with Gasteiger partial charge < -0.3 is 10.2 Å². The Morgan fingerprint density at radius 1 is 1.12 bits per heavy atom. The zero-order chi connectivity index (χ0) is 11.0. The van der Waals surface area contributed by atoms with Crippen molar-refractivity contribution in [1.82, 2.24) is 0 Å². The molecule has 0 saturated carbocycles. The van der Waals surface area contributed by atoms with Gasteiger partial charge in [0, 0.05) is 0 Å². The number of benzene rings is 1. The highest BCUT2D eigenvalue weighted by Crippen LogP contribution is 2.19. The van der Waals surface area contributed by atoms with Crippen LogP contribution in [0.25, 0.3) is 0 Å². The van der Waals surface area contributed by atoms with Crippen LogP contribution in [0.15, 0.2) is 29.3 Å². The van der Waals surface area contributed by atoms with Crippen molar-refractivity contribution in [2.75, 3.05) is 0 Å². The van der Waals surface area contributed by atoms with Gasteiger partial charge in [-0.2, -0.15) is 0 Å². The van der Waals surface area contributed by atoms with Gasteiger partial charge in [-0.25, -0.2) is 0 Å². The first-order chi connectivity index (χ1) is 7.09. The summed E-state index contributed by atoms with van der Waals surface area (Å²) in [5.74, 6) is 0. The van der Waals surface area contributed by atoms with Crippen molar-refractivity contribution in [3.63, 3.8) is 0 Å². The topological polar surface area (TPSA) is 52.8 Å². The Morgan fingerprint density at radius 2 is 1.69 bits per heavy atom. The molecular weight excluding hydrogens is 226 g/mol. The normalized spacial score (nSPS) is 28.5. The summed E-state index contributed by atoms with van der Waals surface area (Å²) in [5, 5.41) is 19.4. The van der Waals surface area contributed by atoms with Gasteiger partial charge in [0.15, 0.2) is 0 Å². The standard InChI is InChI=1S/C12H15NO2.ClH/c1-7-3-5-9(6-4-7)10-12(15)11(14)8(2)13-10;/h3-6,8,11-12,14-15H,1-2H3;1H/t8-,11+,12-;/m0./s1. The summed E-state index contributed by atoms with van der Waals surface area (Å²) in [6.45, 7) is 3.81. The van der Waals surface area contributed by atoms with Crippen LogP contribution in [0.1, 0.15) is 18.1 Å². The minimum atomic E-state index is -0.859. The van der Waals surface area contributed by atoms with E-state index in [9.17, 15) is 10.2 Å². The Balaban J connectivity index is 0.00000128. The summed E-state index contributed by atoms with van der Waals surface area (Å²) in [5.41, 5.74) is 2.65. The number of hydrogen-bond donors (Lipinski definition) is 2. The van der Waals surface area contributed by atoms with Gasteiger partial charge in [0.1, 0.15) is 12.2 Å². The highest BCUT2D eigenvalue weighted by molar-refractivity contribution is 6.05. The predicted molar refractivity (Wildman–Crippen MR) is 66.4 cm³/mol. The van der Waals surface area contributed by atoms with Crippen molar-refractivity contribution in [3.05, 3.63) is 35.4 Å². The van der Waals surface area contributed by atoms with Crippen LogP contribution in [0.2, 0.25) is 0 Å². The molecule has 2 N–H and O–H groups in total. The van der Waals surface area contributed by atoms with Gasteiger partial charge in [0.05, 0.1) is 11.8 Å². The highest BCUT2D eigenvalue weighted by Gasteiger charge is 2.34. The minimum absolute atomic E-state index is 0. The third-order valence-corrected chi connectivity index (χ3v) is 2.79. The van der Waals surface area contributed by atoms with E-state index in [1.54, 1.807) is 6.92 Å². The molecule has 1 heterocycles. The number of aliphatic hydroxyl groups is 2. The van der Waals surface area contributed by atoms with Crippen LogP contribution in [0.3, 0.4) is 0 Å². The molecule has 88 valence electrons. The molecule has 1 aliphatic heterocycles. The fraction of sp³-hybridized carbons (Fsp3) is 0.417. The Hall–Kier alpha value is -0.900. The van der Waals surface area contributed by atoms with Crippen molar-refractivity contribution in [1.29, 1.82) is 0 Å². The SMILES string of the molecule is Cc1ccc(C2=N[C@@H](C)[C@@H](O)[C@H]2O)cc1.Cl. The average Bonchev–Trinajstić information content (AvgIpc) is 2.47. The van der Waals surface area contributed by atoms with Crippen LogP contribution in [0, 0.1) is 6.92 Å². The van der Waals surface area contributed by atoms with Crippen LogP contribution in [0.4, 0.5) is 0 Å². The number of nitrogens with zero attached hydrogens (tertiary/aromatic N) is 1. The summed E-state index contributed by atoms with van der Waals surface area (Å²) in [6.07, 6.45) is -1.64. The molecule has 3 atom stereocenters. The average molecular weight is 242 g/mol. The van der Waals surface area contributed by atoms with E-state index in [-0.39, 0.29) is 18.4 Å². The molecule has 4 heteroatoms. The molecule has 0 spiro atoms. The molecule has 1 aliphatic rings. The molecule has 0 aromatic heterocycles. The Labute approximate surface area is 101 Å². The van der Waals surface area contributed by atoms with Gasteiger partial charge in [0.2, 0.25) is 0 Å². The Kier molecular flexibility index (Phi) is 4.08. The quantitative estimate of drug-likeness (QED) is 0.780. The maximum absolute atomic E-state index is 9.77. The molecule has 0 saturated heterocycles. The molecule has 3 nitrogen and oxygen atoms in total. The second-order valence-corrected chi connectivity index (χ2v) is 4.06. The van der Waals surface area contributed by atoms with Crippen molar-refractivity contribution in [3.8, 4) is 0 Å². The number of rotatable bonds is 1. The lowest BCUT2D eigenvalue weighted by Gasteiger charge is -2.12. The third kappa shape index (κ3) is 2.26. The molecule has 0 radical (unpaired) electrons. The fourth-order valence-electron chi connectivity index (χ4n) is 1.77. The number of hydrogen-bond acceptors (Lipinski definition) is 3. The second-order valence-electron chi connectivity index (χ2n) is 4.06. The van der Waals surface area contributed by atoms with E-state index in [0.717, 1.165) is 5.56 Å². The summed E-state index contributed by atoms with van der Waals surface area (Å²) in [6, 6.07) is 7.56. The number of aliphatic hydroxyl groups excluding tert-OH is 2. The molecule has 2 rings (SSSR count). The van der Waals surface area contributed by atoms with Crippen LogP contribution in [0.5, 0.6) is 0 Å². The van der Waals surface area contributed by atoms with Crippen LogP contribution >= 0.6 is 12.4 Å². The number of halogens is 1. The first-order valence-electron chi connectivity index (χ1n) is 5.10. The summed E-state index contributed by atoms with van der Waals surface area (Å²) < 4.78 is 0. The maximum Gasteiger partial charge on any atom is 0.124 e. The van der Waals surface area contributed by atoms with E-state index in [4.69, 9.17) is 0 Å². The monoisotopic (exact) mass is 241 g/mol. The van der Waals surface area contributed by atoms with E-state index in [0.29, 0.717) is 5.71 Å². The zero-order valence-electron chi connectivity index (χ0n) is 9.29. The van der Waals surface area contributed by atoms with Gasteiger partial charge >= 0.3 is 0 Å². The molecule has 0 unspecified atom stereocenters. The molecule has 0 amide bonds. The molecule has 1 aromatic rings. The molecule has 0 aliphatic carbocycles. The van der Waals surface area contributed by atoms with Gasteiger partial charge in [-0.05, 0) is 19.4 Å². The first-order valence-corrected chi connectivity index (χ1v) is 5.10. The Bertz CT molecular complexity index is 389. The van der Waals surface area contributed by atoms with Crippen LogP contribution in [-0.4, -0.2) is 34.2 Å². The summed E-state index contributed by atoms with van der Waals surface area (Å²) in [4.78, 5) is 4.27. The summed E-state index contributed by atoms with van der Waals surface area (Å²) >= 11 is 0. The van der Waals surface area contributed by atoms with E-state index in [1.807, 2.05) is 31.2 Å². The van der Waals surface area contributed by atoms with E-state index >= 15 is 0 Å². The lowest BCUT2D eigenvalue weighted by molar-refractivity contribution is 0.0593. The van der Waals surface area contributed by atoms with E-state index in [1.165, 1.54) is 5.56 Å². The zero-order valence-corrected chi connectivity index (χ0v) is 10.1. The van der Waals surface area contributed by atoms with Crippen molar-refractivity contribution in [2.45, 2.75) is 32.1 Å². The number of aliphatic imine (C=N–C) groups is 1.